The third kappa shape index (κ3) is 2.61. The second kappa shape index (κ2) is 5.57. The highest BCUT2D eigenvalue weighted by atomic mass is 35.5. The molecule has 0 amide bonds. The van der Waals surface area contributed by atoms with Crippen LogP contribution in [0.4, 0.5) is 0 Å². The average Bonchev–Trinajstić information content (AvgIpc) is 2.71. The number of pyridine rings is 1. The molecule has 1 heterocycles. The zero-order chi connectivity index (χ0) is 9.10. The Morgan fingerprint density at radius 1 is 1.29 bits per heavy atom. The molecule has 1 aromatic rings. The molecule has 14 heavy (non-hydrogen) atoms. The van der Waals surface area contributed by atoms with Gasteiger partial charge in [0.15, 0.2) is 0 Å². The smallest absolute Gasteiger partial charge is 0.0647 e. The van der Waals surface area contributed by atoms with E-state index >= 15 is 0 Å². The number of aromatic nitrogens is 1. The minimum Gasteiger partial charge on any atom is -0.256 e. The van der Waals surface area contributed by atoms with Gasteiger partial charge in [-0.05, 0) is 25.0 Å². The maximum atomic E-state index is 5.74. The van der Waals surface area contributed by atoms with Crippen LogP contribution in [0.25, 0.3) is 0 Å². The van der Waals surface area contributed by atoms with Crippen molar-refractivity contribution in [2.75, 3.05) is 0 Å². The zero-order valence-corrected chi connectivity index (χ0v) is 9.65. The normalized spacial score (nSPS) is 16.6. The third-order valence-electron chi connectivity index (χ3n) is 2.74. The maximum Gasteiger partial charge on any atom is 0.0647 e. The van der Waals surface area contributed by atoms with Crippen LogP contribution in [0, 0.1) is 0 Å². The van der Waals surface area contributed by atoms with Crippen molar-refractivity contribution in [2.45, 2.75) is 37.5 Å². The highest BCUT2D eigenvalue weighted by Gasteiger charge is 2.17. The van der Waals surface area contributed by atoms with Crippen molar-refractivity contribution in [3.8, 4) is 0 Å². The molecule has 0 atom stereocenters. The zero-order valence-electron chi connectivity index (χ0n) is 8.08. The fourth-order valence-electron chi connectivity index (χ4n) is 2.02. The van der Waals surface area contributed by atoms with E-state index in [1.165, 1.54) is 31.4 Å². The van der Waals surface area contributed by atoms with E-state index in [0.29, 0.717) is 11.8 Å². The minimum absolute atomic E-state index is 0. The largest absolute Gasteiger partial charge is 0.256 e. The predicted octanol–water partition coefficient (Wildman–Crippen LogP) is 3.90. The van der Waals surface area contributed by atoms with Crippen molar-refractivity contribution in [1.82, 2.24) is 4.98 Å². The fourth-order valence-corrected chi connectivity index (χ4v) is 2.17. The van der Waals surface area contributed by atoms with Crippen LogP contribution >= 0.6 is 24.0 Å². The topological polar surface area (TPSA) is 12.9 Å². The van der Waals surface area contributed by atoms with Crippen LogP contribution in [0.5, 0.6) is 0 Å². The molecule has 0 saturated heterocycles. The minimum atomic E-state index is 0. The summed E-state index contributed by atoms with van der Waals surface area (Å²) in [5, 5.41) is 0. The van der Waals surface area contributed by atoms with E-state index in [2.05, 4.69) is 17.1 Å². The SMILES string of the molecule is Cl.ClCc1cccc(C2CCCC2)n1. The summed E-state index contributed by atoms with van der Waals surface area (Å²) in [6.45, 7) is 0. The van der Waals surface area contributed by atoms with Gasteiger partial charge in [0.05, 0.1) is 11.6 Å². The van der Waals surface area contributed by atoms with Gasteiger partial charge in [0.2, 0.25) is 0 Å². The Balaban J connectivity index is 0.000000980. The Bertz CT molecular complexity index is 282. The first-order chi connectivity index (χ1) is 6.40. The molecule has 0 aromatic carbocycles. The van der Waals surface area contributed by atoms with Gasteiger partial charge in [0.1, 0.15) is 0 Å². The Labute approximate surface area is 96.3 Å². The highest BCUT2D eigenvalue weighted by molar-refractivity contribution is 6.16. The van der Waals surface area contributed by atoms with Gasteiger partial charge in [0.25, 0.3) is 0 Å². The average molecular weight is 232 g/mol. The first-order valence-corrected chi connectivity index (χ1v) is 5.45. The van der Waals surface area contributed by atoms with Gasteiger partial charge in [-0.3, -0.25) is 4.98 Å². The van der Waals surface area contributed by atoms with Gasteiger partial charge >= 0.3 is 0 Å². The number of alkyl halides is 1. The monoisotopic (exact) mass is 231 g/mol. The Morgan fingerprint density at radius 3 is 2.64 bits per heavy atom. The molecule has 1 nitrogen and oxygen atoms in total. The molecule has 0 radical (unpaired) electrons. The van der Waals surface area contributed by atoms with Crippen LogP contribution in [0.3, 0.4) is 0 Å². The summed E-state index contributed by atoms with van der Waals surface area (Å²) in [6, 6.07) is 6.19. The van der Waals surface area contributed by atoms with Crippen molar-refractivity contribution >= 4 is 24.0 Å². The van der Waals surface area contributed by atoms with Gasteiger partial charge in [-0.2, -0.15) is 0 Å². The summed E-state index contributed by atoms with van der Waals surface area (Å²) in [5.74, 6) is 1.23. The molecule has 0 bridgehead atoms. The maximum absolute atomic E-state index is 5.74. The lowest BCUT2D eigenvalue weighted by atomic mass is 10.0. The quantitative estimate of drug-likeness (QED) is 0.704. The number of halogens is 2. The van der Waals surface area contributed by atoms with E-state index in [-0.39, 0.29) is 12.4 Å². The molecule has 1 aliphatic rings. The summed E-state index contributed by atoms with van der Waals surface area (Å²) >= 11 is 5.74. The summed E-state index contributed by atoms with van der Waals surface area (Å²) in [6.07, 6.45) is 5.33. The van der Waals surface area contributed by atoms with E-state index in [9.17, 15) is 0 Å². The summed E-state index contributed by atoms with van der Waals surface area (Å²) in [7, 11) is 0. The van der Waals surface area contributed by atoms with Crippen LogP contribution in [-0.4, -0.2) is 4.98 Å². The van der Waals surface area contributed by atoms with E-state index in [0.717, 1.165) is 5.69 Å². The first kappa shape index (κ1) is 11.8. The predicted molar refractivity (Wildman–Crippen MR) is 62.3 cm³/mol. The number of hydrogen-bond acceptors (Lipinski definition) is 1. The molecule has 0 N–H and O–H groups in total. The van der Waals surface area contributed by atoms with E-state index < -0.39 is 0 Å². The Kier molecular flexibility index (Phi) is 4.70. The first-order valence-electron chi connectivity index (χ1n) is 4.92. The second-order valence-electron chi connectivity index (χ2n) is 3.67. The lowest BCUT2D eigenvalue weighted by molar-refractivity contribution is 0.694. The molecule has 0 spiro atoms. The van der Waals surface area contributed by atoms with Gasteiger partial charge in [-0.25, -0.2) is 0 Å². The second-order valence-corrected chi connectivity index (χ2v) is 3.94. The highest BCUT2D eigenvalue weighted by Crippen LogP contribution is 2.32. The van der Waals surface area contributed by atoms with Crippen LogP contribution in [-0.2, 0) is 5.88 Å². The number of hydrogen-bond donors (Lipinski definition) is 0. The Morgan fingerprint density at radius 2 is 2.00 bits per heavy atom. The Hall–Kier alpha value is -0.270. The van der Waals surface area contributed by atoms with Crippen LogP contribution in [0.15, 0.2) is 18.2 Å². The molecule has 1 aromatic heterocycles. The van der Waals surface area contributed by atoms with Gasteiger partial charge in [-0.1, -0.05) is 18.9 Å². The van der Waals surface area contributed by atoms with Crippen molar-refractivity contribution in [2.24, 2.45) is 0 Å². The summed E-state index contributed by atoms with van der Waals surface area (Å²) in [4.78, 5) is 4.54. The molecule has 78 valence electrons. The summed E-state index contributed by atoms with van der Waals surface area (Å²) in [5.41, 5.74) is 2.25. The standard InChI is InChI=1S/C11H14ClN.ClH/c12-8-10-6-3-7-11(13-10)9-4-1-2-5-9;/h3,6-7,9H,1-2,4-5,8H2;1H. The number of nitrogens with zero attached hydrogens (tertiary/aromatic N) is 1. The van der Waals surface area contributed by atoms with E-state index in [1.54, 1.807) is 0 Å². The van der Waals surface area contributed by atoms with Gasteiger partial charge in [0, 0.05) is 11.6 Å². The molecule has 2 rings (SSSR count). The van der Waals surface area contributed by atoms with Crippen molar-refractivity contribution in [1.29, 1.82) is 0 Å². The van der Waals surface area contributed by atoms with Gasteiger partial charge in [-0.15, -0.1) is 24.0 Å². The molecular weight excluding hydrogens is 217 g/mol. The van der Waals surface area contributed by atoms with Crippen molar-refractivity contribution in [3.63, 3.8) is 0 Å². The van der Waals surface area contributed by atoms with Crippen molar-refractivity contribution < 1.29 is 0 Å². The van der Waals surface area contributed by atoms with E-state index in [4.69, 9.17) is 11.6 Å². The van der Waals surface area contributed by atoms with Gasteiger partial charge < -0.3 is 0 Å². The van der Waals surface area contributed by atoms with E-state index in [1.807, 2.05) is 6.07 Å². The van der Waals surface area contributed by atoms with Crippen LogP contribution < -0.4 is 0 Å². The van der Waals surface area contributed by atoms with Crippen molar-refractivity contribution in [3.05, 3.63) is 29.6 Å². The van der Waals surface area contributed by atoms with Crippen LogP contribution in [0.1, 0.15) is 43.0 Å². The molecule has 3 heteroatoms. The molecule has 1 saturated carbocycles. The molecule has 1 fully saturated rings. The summed E-state index contributed by atoms with van der Waals surface area (Å²) < 4.78 is 0. The van der Waals surface area contributed by atoms with Crippen LogP contribution in [0.2, 0.25) is 0 Å². The fraction of sp³-hybridized carbons (Fsp3) is 0.545. The molecule has 0 unspecified atom stereocenters. The lowest BCUT2D eigenvalue weighted by Crippen LogP contribution is -1.98. The lowest BCUT2D eigenvalue weighted by Gasteiger charge is -2.08. The third-order valence-corrected chi connectivity index (χ3v) is 3.01. The molecule has 0 aliphatic heterocycles. The molecular formula is C11H15Cl2N. The molecule has 1 aliphatic carbocycles. The number of rotatable bonds is 2.